The number of carbonyl (C=O) groups excluding carboxylic acids is 1. The Bertz CT molecular complexity index is 1050. The first kappa shape index (κ1) is 26.2. The summed E-state index contributed by atoms with van der Waals surface area (Å²) in [5, 5.41) is 11.8. The molecule has 1 aliphatic heterocycles. The number of anilines is 2. The minimum Gasteiger partial charge on any atom is -0.465 e. The van der Waals surface area contributed by atoms with Crippen molar-refractivity contribution in [2.45, 2.75) is 32.9 Å². The van der Waals surface area contributed by atoms with E-state index in [0.29, 0.717) is 0 Å². The second-order valence-corrected chi connectivity index (χ2v) is 8.69. The van der Waals surface area contributed by atoms with E-state index in [0.717, 1.165) is 30.8 Å². The van der Waals surface area contributed by atoms with E-state index < -0.39 is 22.4 Å². The van der Waals surface area contributed by atoms with E-state index in [4.69, 9.17) is 15.2 Å². The van der Waals surface area contributed by atoms with Crippen LogP contribution in [-0.4, -0.2) is 64.8 Å². The molecule has 1 aromatic heterocycles. The highest BCUT2D eigenvalue weighted by Crippen LogP contribution is 2.33. The molecule has 2 heterocycles. The molecule has 2 aromatic rings. The van der Waals surface area contributed by atoms with Gasteiger partial charge in [-0.1, -0.05) is 24.3 Å². The summed E-state index contributed by atoms with van der Waals surface area (Å²) in [6.45, 7) is 4.63. The number of carbonyl (C=O) groups is 1. The van der Waals surface area contributed by atoms with Crippen LogP contribution in [0, 0.1) is 10.1 Å². The number of rotatable bonds is 13. The zero-order valence-corrected chi connectivity index (χ0v) is 20.5. The van der Waals surface area contributed by atoms with Crippen molar-refractivity contribution < 1.29 is 23.8 Å². The van der Waals surface area contributed by atoms with Gasteiger partial charge in [-0.15, -0.1) is 0 Å². The van der Waals surface area contributed by atoms with Crippen LogP contribution in [-0.2, 0) is 27.2 Å². The molecule has 1 fully saturated rings. The van der Waals surface area contributed by atoms with Crippen LogP contribution in [0.25, 0.3) is 0 Å². The van der Waals surface area contributed by atoms with Crippen LogP contribution in [0.2, 0.25) is 0 Å². The number of aromatic nitrogens is 2. The van der Waals surface area contributed by atoms with E-state index in [1.54, 1.807) is 6.92 Å². The number of nitro groups is 1. The first-order valence-corrected chi connectivity index (χ1v) is 12.4. The van der Waals surface area contributed by atoms with Gasteiger partial charge < -0.3 is 20.1 Å². The largest absolute Gasteiger partial charge is 0.465 e. The van der Waals surface area contributed by atoms with Crippen molar-refractivity contribution in [1.29, 1.82) is 0 Å². The third-order valence-electron chi connectivity index (χ3n) is 5.36. The van der Waals surface area contributed by atoms with Gasteiger partial charge in [0.25, 0.3) is 0 Å². The molecule has 12 nitrogen and oxygen atoms in total. The van der Waals surface area contributed by atoms with E-state index in [1.807, 2.05) is 24.3 Å². The van der Waals surface area contributed by atoms with Crippen molar-refractivity contribution in [2.24, 2.45) is 0 Å². The topological polar surface area (TPSA) is 154 Å². The van der Waals surface area contributed by atoms with Gasteiger partial charge in [0.05, 0.1) is 17.7 Å². The van der Waals surface area contributed by atoms with Gasteiger partial charge in [0.2, 0.25) is 11.6 Å². The molecule has 1 aliphatic rings. The van der Waals surface area contributed by atoms with E-state index in [1.165, 1.54) is 17.7 Å². The second-order valence-electron chi connectivity index (χ2n) is 7.99. The molecule has 0 aliphatic carbocycles. The van der Waals surface area contributed by atoms with Gasteiger partial charge in [-0.05, 0) is 44.0 Å². The Balaban J connectivity index is 1.94. The average Bonchev–Trinajstić information content (AvgIpc) is 3.31. The maximum absolute atomic E-state index is 12.4. The Morgan fingerprint density at radius 1 is 1.29 bits per heavy atom. The van der Waals surface area contributed by atoms with Crippen LogP contribution in [0.1, 0.15) is 30.9 Å². The molecule has 0 spiro atoms. The highest BCUT2D eigenvalue weighted by molar-refractivity contribution is 7.23. The zero-order valence-electron chi connectivity index (χ0n) is 19.6. The van der Waals surface area contributed by atoms with Gasteiger partial charge in [0.1, 0.15) is 13.2 Å². The van der Waals surface area contributed by atoms with Crippen LogP contribution >= 0.6 is 8.46 Å². The summed E-state index contributed by atoms with van der Waals surface area (Å²) in [7, 11) is -0.124. The fourth-order valence-corrected chi connectivity index (χ4v) is 4.05. The third-order valence-corrected chi connectivity index (χ3v) is 5.73. The normalized spacial score (nSPS) is 13.6. The molecule has 0 bridgehead atoms. The van der Waals surface area contributed by atoms with Crippen molar-refractivity contribution in [3.8, 4) is 6.01 Å². The number of hydrogen-bond acceptors (Lipinski definition) is 11. The standard InChI is InChI=1S/C22H29N6O6P/c1-2-33-18(29)15-27(14-17-7-5-6-16(12-17)13-26-8-3-4-9-26)21-19(28(30)31)20(23)24-22(25-21)34-10-11-35-32/h5-7,12H,2-4,8-11,13-15H2,1H3,(H2,23,24,25). The van der Waals surface area contributed by atoms with Crippen LogP contribution in [0.5, 0.6) is 6.01 Å². The van der Waals surface area contributed by atoms with Gasteiger partial charge in [-0.2, -0.15) is 9.97 Å². The number of nitrogens with zero attached hydrogens (tertiary/aromatic N) is 5. The molecule has 0 radical (unpaired) electrons. The maximum Gasteiger partial charge on any atom is 0.353 e. The van der Waals surface area contributed by atoms with E-state index in [2.05, 4.69) is 14.9 Å². The monoisotopic (exact) mass is 504 g/mol. The number of esters is 1. The number of likely N-dealkylation sites (tertiary alicyclic amines) is 1. The van der Waals surface area contributed by atoms with Crippen molar-refractivity contribution in [3.63, 3.8) is 0 Å². The Kier molecular flexibility index (Phi) is 9.68. The van der Waals surface area contributed by atoms with E-state index >= 15 is 0 Å². The minimum atomic E-state index is -0.688. The van der Waals surface area contributed by atoms with E-state index in [-0.39, 0.29) is 52.8 Å². The van der Waals surface area contributed by atoms with Gasteiger partial charge in [-0.3, -0.25) is 24.4 Å². The molecule has 13 heteroatoms. The maximum atomic E-state index is 12.4. The number of nitrogen functional groups attached to an aromatic ring is 1. The average molecular weight is 504 g/mol. The zero-order chi connectivity index (χ0) is 25.2. The van der Waals surface area contributed by atoms with Crippen molar-refractivity contribution in [3.05, 3.63) is 45.5 Å². The Morgan fingerprint density at radius 2 is 2.03 bits per heavy atom. The summed E-state index contributed by atoms with van der Waals surface area (Å²) in [4.78, 5) is 35.4. The first-order valence-electron chi connectivity index (χ1n) is 11.4. The van der Waals surface area contributed by atoms with Crippen LogP contribution in [0.3, 0.4) is 0 Å². The van der Waals surface area contributed by atoms with Crippen LogP contribution < -0.4 is 15.4 Å². The number of hydrogen-bond donors (Lipinski definition) is 1. The molecule has 2 N–H and O–H groups in total. The summed E-state index contributed by atoms with van der Waals surface area (Å²) >= 11 is 0. The summed E-state index contributed by atoms with van der Waals surface area (Å²) < 4.78 is 21.2. The molecule has 0 amide bonds. The summed E-state index contributed by atoms with van der Waals surface area (Å²) in [5.74, 6) is -1.12. The second kappa shape index (κ2) is 12.9. The molecule has 0 saturated carbocycles. The lowest BCUT2D eigenvalue weighted by Gasteiger charge is -2.23. The molecular weight excluding hydrogens is 475 g/mol. The lowest BCUT2D eigenvalue weighted by Crippen LogP contribution is -2.32. The molecule has 3 rings (SSSR count). The quantitative estimate of drug-likeness (QED) is 0.141. The minimum absolute atomic E-state index is 0.0260. The smallest absolute Gasteiger partial charge is 0.353 e. The summed E-state index contributed by atoms with van der Waals surface area (Å²) in [5.41, 5.74) is 7.30. The Morgan fingerprint density at radius 3 is 2.71 bits per heavy atom. The number of ether oxygens (including phenoxy) is 2. The Hall–Kier alpha value is -3.37. The lowest BCUT2D eigenvalue weighted by molar-refractivity contribution is -0.383. The fourth-order valence-electron chi connectivity index (χ4n) is 3.89. The van der Waals surface area contributed by atoms with Crippen LogP contribution in [0.15, 0.2) is 24.3 Å². The summed E-state index contributed by atoms with van der Waals surface area (Å²) in [6, 6.07) is 7.64. The lowest BCUT2D eigenvalue weighted by atomic mass is 10.1. The van der Waals surface area contributed by atoms with Gasteiger partial charge in [0.15, 0.2) is 8.46 Å². The van der Waals surface area contributed by atoms with Gasteiger partial charge in [-0.25, -0.2) is 0 Å². The molecule has 35 heavy (non-hydrogen) atoms. The molecule has 0 atom stereocenters. The first-order chi connectivity index (χ1) is 16.9. The fraction of sp³-hybridized carbons (Fsp3) is 0.500. The Labute approximate surface area is 204 Å². The highest BCUT2D eigenvalue weighted by Gasteiger charge is 2.29. The molecular formula is C22H29N6O6P. The molecule has 1 saturated heterocycles. The highest BCUT2D eigenvalue weighted by atomic mass is 31.1. The molecule has 188 valence electrons. The van der Waals surface area contributed by atoms with Gasteiger partial charge in [0, 0.05) is 13.1 Å². The van der Waals surface area contributed by atoms with Crippen molar-refractivity contribution >= 4 is 31.8 Å². The van der Waals surface area contributed by atoms with E-state index in [9.17, 15) is 19.5 Å². The summed E-state index contributed by atoms with van der Waals surface area (Å²) in [6.07, 6.45) is 2.56. The van der Waals surface area contributed by atoms with Crippen molar-refractivity contribution in [1.82, 2.24) is 14.9 Å². The third kappa shape index (κ3) is 7.56. The molecule has 0 unspecified atom stereocenters. The number of nitrogens with two attached hydrogens (primary N) is 1. The van der Waals surface area contributed by atoms with Gasteiger partial charge >= 0.3 is 17.7 Å². The van der Waals surface area contributed by atoms with Crippen LogP contribution in [0.4, 0.5) is 17.3 Å². The molecule has 1 aromatic carbocycles. The predicted octanol–water partition coefficient (Wildman–Crippen LogP) is 2.80. The number of benzene rings is 1. The van der Waals surface area contributed by atoms with Crippen molar-refractivity contribution in [2.75, 3.05) is 49.6 Å². The SMILES string of the molecule is CCOC(=O)CN(Cc1cccc(CN2CCCC2)c1)c1nc(OCCP=O)nc(N)c1[N+](=O)[O-]. The predicted molar refractivity (Wildman–Crippen MR) is 130 cm³/mol.